The van der Waals surface area contributed by atoms with Crippen LogP contribution >= 0.6 is 0 Å². The number of hydrogen-bond donors (Lipinski definition) is 1. The van der Waals surface area contributed by atoms with E-state index in [1.807, 2.05) is 6.20 Å². The van der Waals surface area contributed by atoms with Crippen molar-refractivity contribution in [2.75, 3.05) is 0 Å². The number of rotatable bonds is 2. The van der Waals surface area contributed by atoms with E-state index in [2.05, 4.69) is 23.9 Å². The fourth-order valence-corrected chi connectivity index (χ4v) is 3.21. The summed E-state index contributed by atoms with van der Waals surface area (Å²) in [5.74, 6) is 1.81. The minimum Gasteiger partial charge on any atom is -0.388 e. The lowest BCUT2D eigenvalue weighted by Crippen LogP contribution is -2.25. The molecular formula is C15H21N3O. The van der Waals surface area contributed by atoms with Crippen LogP contribution in [0.3, 0.4) is 0 Å². The maximum Gasteiger partial charge on any atom is 0.0903 e. The summed E-state index contributed by atoms with van der Waals surface area (Å²) in [6.07, 6.45) is 10.1. The molecule has 0 saturated heterocycles. The molecule has 2 aromatic heterocycles. The van der Waals surface area contributed by atoms with Crippen LogP contribution in [0.5, 0.6) is 0 Å². The molecule has 3 rings (SSSR count). The number of hydrogen-bond acceptors (Lipinski definition) is 3. The predicted molar refractivity (Wildman–Crippen MR) is 73.6 cm³/mol. The monoisotopic (exact) mass is 259 g/mol. The summed E-state index contributed by atoms with van der Waals surface area (Å²) in [4.78, 5) is 4.13. The van der Waals surface area contributed by atoms with Crippen molar-refractivity contribution in [1.82, 2.24) is 14.6 Å². The van der Waals surface area contributed by atoms with Crippen LogP contribution in [0.15, 0.2) is 24.8 Å². The third-order valence-electron chi connectivity index (χ3n) is 4.76. The zero-order valence-electron chi connectivity index (χ0n) is 11.5. The summed E-state index contributed by atoms with van der Waals surface area (Å²) in [5, 5.41) is 14.9. The van der Waals surface area contributed by atoms with Crippen molar-refractivity contribution in [3.8, 4) is 0 Å². The third-order valence-corrected chi connectivity index (χ3v) is 4.76. The Kier molecular flexibility index (Phi) is 3.27. The number of aromatic nitrogens is 3. The highest BCUT2D eigenvalue weighted by Crippen LogP contribution is 2.40. The summed E-state index contributed by atoms with van der Waals surface area (Å²) >= 11 is 0. The molecule has 1 N–H and O–H groups in total. The van der Waals surface area contributed by atoms with E-state index < -0.39 is 6.10 Å². The molecule has 4 nitrogen and oxygen atoms in total. The number of aliphatic hydroxyl groups excluding tert-OH is 1. The topological polar surface area (TPSA) is 50.4 Å². The minimum atomic E-state index is -0.420. The largest absolute Gasteiger partial charge is 0.388 e. The van der Waals surface area contributed by atoms with Crippen LogP contribution in [0.4, 0.5) is 0 Å². The van der Waals surface area contributed by atoms with Gasteiger partial charge in [-0.3, -0.25) is 4.98 Å². The molecule has 2 aromatic rings. The molecule has 0 radical (unpaired) electrons. The molecule has 0 amide bonds. The summed E-state index contributed by atoms with van der Waals surface area (Å²) < 4.78 is 1.78. The first-order valence-electron chi connectivity index (χ1n) is 7.12. The predicted octanol–water partition coefficient (Wildman–Crippen LogP) is 2.84. The fraction of sp³-hybridized carbons (Fsp3) is 0.600. The highest BCUT2D eigenvalue weighted by Gasteiger charge is 2.31. The summed E-state index contributed by atoms with van der Waals surface area (Å²) in [6, 6.07) is 0. The van der Waals surface area contributed by atoms with Gasteiger partial charge < -0.3 is 5.11 Å². The second-order valence-corrected chi connectivity index (χ2v) is 5.98. The lowest BCUT2D eigenvalue weighted by atomic mass is 9.73. The molecule has 1 aliphatic carbocycles. The van der Waals surface area contributed by atoms with Crippen molar-refractivity contribution in [2.45, 2.75) is 39.2 Å². The molecule has 1 aliphatic rings. The maximum atomic E-state index is 10.7. The smallest absolute Gasteiger partial charge is 0.0903 e. The number of nitrogens with zero attached hydrogens (tertiary/aromatic N) is 3. The second kappa shape index (κ2) is 4.93. The number of aliphatic hydroxyl groups is 1. The van der Waals surface area contributed by atoms with Gasteiger partial charge in [-0.1, -0.05) is 20.3 Å². The van der Waals surface area contributed by atoms with Crippen molar-refractivity contribution in [2.24, 2.45) is 17.8 Å². The summed E-state index contributed by atoms with van der Waals surface area (Å²) in [7, 11) is 0. The van der Waals surface area contributed by atoms with Crippen molar-refractivity contribution in [1.29, 1.82) is 0 Å². The van der Waals surface area contributed by atoms with E-state index in [4.69, 9.17) is 0 Å². The summed E-state index contributed by atoms with van der Waals surface area (Å²) in [5.41, 5.74) is 1.83. The molecule has 4 unspecified atom stereocenters. The van der Waals surface area contributed by atoms with E-state index in [1.165, 1.54) is 6.42 Å². The Hall–Kier alpha value is -1.42. The van der Waals surface area contributed by atoms with Crippen LogP contribution in [0.1, 0.15) is 44.8 Å². The van der Waals surface area contributed by atoms with Gasteiger partial charge in [0.05, 0.1) is 24.0 Å². The van der Waals surface area contributed by atoms with Crippen molar-refractivity contribution in [3.05, 3.63) is 30.4 Å². The van der Waals surface area contributed by atoms with Gasteiger partial charge in [-0.2, -0.15) is 5.10 Å². The van der Waals surface area contributed by atoms with Gasteiger partial charge in [0.2, 0.25) is 0 Å². The average molecular weight is 259 g/mol. The quantitative estimate of drug-likeness (QED) is 0.902. The Morgan fingerprint density at radius 2 is 2.11 bits per heavy atom. The first-order valence-corrected chi connectivity index (χ1v) is 7.12. The molecule has 19 heavy (non-hydrogen) atoms. The van der Waals surface area contributed by atoms with Crippen molar-refractivity contribution < 1.29 is 5.11 Å². The van der Waals surface area contributed by atoms with Crippen molar-refractivity contribution >= 4 is 5.52 Å². The third kappa shape index (κ3) is 2.25. The molecule has 2 heterocycles. The van der Waals surface area contributed by atoms with Crippen LogP contribution in [0.2, 0.25) is 0 Å². The minimum absolute atomic E-state index is 0.347. The fourth-order valence-electron chi connectivity index (χ4n) is 3.21. The van der Waals surface area contributed by atoms with E-state index in [1.54, 1.807) is 23.1 Å². The Bertz CT molecular complexity index is 565. The SMILES string of the molecule is CC1CCC(C(O)c2cnn3ccncc23)CC1C. The second-order valence-electron chi connectivity index (χ2n) is 5.98. The van der Waals surface area contributed by atoms with Crippen LogP contribution in [0, 0.1) is 17.8 Å². The molecule has 0 aliphatic heterocycles. The zero-order valence-corrected chi connectivity index (χ0v) is 11.5. The van der Waals surface area contributed by atoms with E-state index in [-0.39, 0.29) is 0 Å². The molecule has 1 saturated carbocycles. The molecule has 0 bridgehead atoms. The van der Waals surface area contributed by atoms with E-state index in [9.17, 15) is 5.11 Å². The van der Waals surface area contributed by atoms with E-state index in [0.29, 0.717) is 11.8 Å². The molecule has 0 spiro atoms. The highest BCUT2D eigenvalue weighted by atomic mass is 16.3. The zero-order chi connectivity index (χ0) is 13.4. The van der Waals surface area contributed by atoms with Gasteiger partial charge in [0.15, 0.2) is 0 Å². The van der Waals surface area contributed by atoms with Gasteiger partial charge in [0.1, 0.15) is 0 Å². The van der Waals surface area contributed by atoms with Crippen LogP contribution < -0.4 is 0 Å². The molecule has 102 valence electrons. The van der Waals surface area contributed by atoms with Gasteiger partial charge in [0, 0.05) is 18.0 Å². The Morgan fingerprint density at radius 3 is 2.89 bits per heavy atom. The van der Waals surface area contributed by atoms with Gasteiger partial charge in [0.25, 0.3) is 0 Å². The maximum absolute atomic E-state index is 10.7. The molecule has 1 fully saturated rings. The Morgan fingerprint density at radius 1 is 1.26 bits per heavy atom. The van der Waals surface area contributed by atoms with Crippen LogP contribution in [-0.4, -0.2) is 19.7 Å². The van der Waals surface area contributed by atoms with Gasteiger partial charge in [-0.15, -0.1) is 0 Å². The molecule has 0 aromatic carbocycles. The summed E-state index contributed by atoms with van der Waals surface area (Å²) in [6.45, 7) is 4.60. The van der Waals surface area contributed by atoms with Crippen molar-refractivity contribution in [3.63, 3.8) is 0 Å². The highest BCUT2D eigenvalue weighted by molar-refractivity contribution is 5.52. The first kappa shape index (κ1) is 12.6. The van der Waals surface area contributed by atoms with Crippen LogP contribution in [0.25, 0.3) is 5.52 Å². The lowest BCUT2D eigenvalue weighted by molar-refractivity contribution is 0.0570. The normalized spacial score (nSPS) is 29.5. The van der Waals surface area contributed by atoms with E-state index in [0.717, 1.165) is 29.8 Å². The average Bonchev–Trinajstić information content (AvgIpc) is 2.85. The molecular weight excluding hydrogens is 238 g/mol. The van der Waals surface area contributed by atoms with Crippen LogP contribution in [-0.2, 0) is 0 Å². The standard InChI is InChI=1S/C15H21N3O/c1-10-3-4-12(7-11(10)2)15(19)13-8-17-18-6-5-16-9-14(13)18/h5-6,8-12,15,19H,3-4,7H2,1-2H3. The van der Waals surface area contributed by atoms with Gasteiger partial charge in [-0.25, -0.2) is 4.52 Å². The van der Waals surface area contributed by atoms with E-state index >= 15 is 0 Å². The van der Waals surface area contributed by atoms with Gasteiger partial charge in [-0.05, 0) is 30.6 Å². The number of fused-ring (bicyclic) bond motifs is 1. The Labute approximate surface area is 113 Å². The first-order chi connectivity index (χ1) is 9.16. The lowest BCUT2D eigenvalue weighted by Gasteiger charge is -2.34. The molecule has 4 atom stereocenters. The Balaban J connectivity index is 1.85. The molecule has 4 heteroatoms. The van der Waals surface area contributed by atoms with Gasteiger partial charge >= 0.3 is 0 Å².